The Kier molecular flexibility index (Phi) is 18.5. The Morgan fingerprint density at radius 2 is 1.22 bits per heavy atom. The molecule has 0 saturated carbocycles. The number of likely N-dealkylation sites (tertiary alicyclic amines) is 1. The van der Waals surface area contributed by atoms with E-state index >= 15 is 0 Å². The number of benzene rings is 2. The first-order chi connectivity index (χ1) is 25.6. The summed E-state index contributed by atoms with van der Waals surface area (Å²) in [5.41, 5.74) is -0.599. The van der Waals surface area contributed by atoms with Crippen LogP contribution in [0.2, 0.25) is 23.2 Å². The number of unbranched alkanes of at least 4 members (excludes halogenated alkanes) is 7. The number of aliphatic hydroxyl groups is 1. The van der Waals surface area contributed by atoms with Gasteiger partial charge in [0, 0.05) is 0 Å². The van der Waals surface area contributed by atoms with E-state index in [4.69, 9.17) is 13.6 Å². The van der Waals surface area contributed by atoms with Crippen LogP contribution in [0.25, 0.3) is 0 Å². The van der Waals surface area contributed by atoms with Crippen molar-refractivity contribution in [1.82, 2.24) is 4.90 Å². The molecule has 0 aromatic heterocycles. The number of carbonyl (C=O) groups is 1. The molecule has 1 N–H and O–H groups in total. The molecular weight excluding hydrogens is 703 g/mol. The lowest BCUT2D eigenvalue weighted by Crippen LogP contribution is -2.75. The van der Waals surface area contributed by atoms with Crippen LogP contribution >= 0.6 is 0 Å². The first-order valence-corrected chi connectivity index (χ1v) is 26.2. The summed E-state index contributed by atoms with van der Waals surface area (Å²) in [5.74, 6) is 0.395. The fourth-order valence-corrected chi connectivity index (χ4v) is 16.0. The van der Waals surface area contributed by atoms with Crippen molar-refractivity contribution < 1.29 is 23.5 Å². The van der Waals surface area contributed by atoms with E-state index in [2.05, 4.69) is 116 Å². The molecule has 1 aliphatic rings. The highest BCUT2D eigenvalue weighted by atomic mass is 28.4. The maximum absolute atomic E-state index is 14.2. The van der Waals surface area contributed by atoms with Crippen molar-refractivity contribution in [3.8, 4) is 0 Å². The zero-order chi connectivity index (χ0) is 40.0. The van der Waals surface area contributed by atoms with Gasteiger partial charge in [-0.1, -0.05) is 174 Å². The molecule has 8 heteroatoms. The van der Waals surface area contributed by atoms with Gasteiger partial charge in [-0.05, 0) is 73.1 Å². The predicted octanol–water partition coefficient (Wildman–Crippen LogP) is 11.2. The van der Waals surface area contributed by atoms with Gasteiger partial charge in [0.1, 0.15) is 5.60 Å². The fraction of sp³-hybridized carbons (Fsp3) is 0.717. The van der Waals surface area contributed by atoms with Gasteiger partial charge < -0.3 is 18.7 Å². The topological polar surface area (TPSA) is 68.2 Å². The van der Waals surface area contributed by atoms with Crippen molar-refractivity contribution in [2.24, 2.45) is 5.92 Å². The van der Waals surface area contributed by atoms with Crippen LogP contribution in [0.3, 0.4) is 0 Å². The second kappa shape index (κ2) is 21.5. The third kappa shape index (κ3) is 12.3. The molecule has 0 aliphatic carbocycles. The largest absolute Gasteiger partial charge is 0.444 e. The Labute approximate surface area is 333 Å². The second-order valence-electron chi connectivity index (χ2n) is 18.2. The minimum Gasteiger partial charge on any atom is -0.444 e. The molecule has 1 fully saturated rings. The number of hydrogen-bond donors (Lipinski definition) is 1. The molecule has 0 radical (unpaired) electrons. The molecule has 1 aliphatic heterocycles. The summed E-state index contributed by atoms with van der Waals surface area (Å²) in [4.78, 5) is 16.2. The zero-order valence-electron chi connectivity index (χ0n) is 36.3. The van der Waals surface area contributed by atoms with E-state index in [1.807, 2.05) is 25.7 Å². The van der Waals surface area contributed by atoms with Gasteiger partial charge in [0.15, 0.2) is 8.32 Å². The fourth-order valence-electron chi connectivity index (χ4n) is 8.52. The normalized spacial score (nSPS) is 19.3. The molecule has 3 rings (SSSR count). The molecule has 6 nitrogen and oxygen atoms in total. The Morgan fingerprint density at radius 3 is 1.67 bits per heavy atom. The van der Waals surface area contributed by atoms with Gasteiger partial charge in [-0.15, -0.1) is 0 Å². The lowest BCUT2D eigenvalue weighted by atomic mass is 9.86. The highest BCUT2D eigenvalue weighted by molar-refractivity contribution is 6.99. The van der Waals surface area contributed by atoms with Crippen LogP contribution in [0.1, 0.15) is 147 Å². The van der Waals surface area contributed by atoms with Crippen molar-refractivity contribution in [3.63, 3.8) is 0 Å². The average molecular weight is 782 g/mol. The molecule has 2 aromatic carbocycles. The van der Waals surface area contributed by atoms with Crippen LogP contribution in [0.4, 0.5) is 4.79 Å². The lowest BCUT2D eigenvalue weighted by Gasteiger charge is -2.57. The van der Waals surface area contributed by atoms with Crippen molar-refractivity contribution in [1.29, 1.82) is 0 Å². The Balaban J connectivity index is 1.83. The summed E-state index contributed by atoms with van der Waals surface area (Å²) in [6.07, 6.45) is 11.9. The number of aliphatic hydroxyl groups excluding tert-OH is 1. The summed E-state index contributed by atoms with van der Waals surface area (Å²) in [6.45, 7) is 24.4. The molecule has 5 atom stereocenters. The number of carbonyl (C=O) groups excluding carboxylic acids is 1. The average Bonchev–Trinajstić information content (AvgIpc) is 3.14. The van der Waals surface area contributed by atoms with Crippen molar-refractivity contribution in [3.05, 3.63) is 60.7 Å². The minimum atomic E-state index is -2.84. The molecular formula is C46H79NO5Si2. The number of amides is 1. The van der Waals surface area contributed by atoms with Crippen LogP contribution in [0, 0.1) is 5.92 Å². The molecule has 0 bridgehead atoms. The Bertz CT molecular complexity index is 1290. The third-order valence-electron chi connectivity index (χ3n) is 12.3. The maximum atomic E-state index is 14.2. The smallest absolute Gasteiger partial charge is 0.411 e. The second-order valence-corrected chi connectivity index (χ2v) is 27.2. The zero-order valence-corrected chi connectivity index (χ0v) is 38.3. The summed E-state index contributed by atoms with van der Waals surface area (Å²) in [7, 11) is -4.86. The summed E-state index contributed by atoms with van der Waals surface area (Å²) < 4.78 is 21.0. The SMILES string of the molecule is CC[C@H](C)[C@@H](O)CCCCCCCCCC[C@H]1[C@@H](O[Si](CC)(CC)CC)[C@H](CO[Si](c2ccccc2)(c2ccccc2)C(C)(C)C)N1C(=O)OC(C)(C)C. The van der Waals surface area contributed by atoms with Crippen molar-refractivity contribution in [2.45, 2.75) is 200 Å². The van der Waals surface area contributed by atoms with E-state index in [1.165, 1.54) is 42.5 Å². The van der Waals surface area contributed by atoms with Crippen LogP contribution < -0.4 is 10.4 Å². The van der Waals surface area contributed by atoms with E-state index in [0.29, 0.717) is 12.5 Å². The van der Waals surface area contributed by atoms with E-state index < -0.39 is 22.2 Å². The van der Waals surface area contributed by atoms with E-state index in [0.717, 1.165) is 56.7 Å². The van der Waals surface area contributed by atoms with Gasteiger partial charge in [0.2, 0.25) is 0 Å². The number of ether oxygens (including phenoxy) is 1. The van der Waals surface area contributed by atoms with Crippen LogP contribution in [0.15, 0.2) is 60.7 Å². The van der Waals surface area contributed by atoms with Gasteiger partial charge in [-0.3, -0.25) is 4.90 Å². The molecule has 306 valence electrons. The van der Waals surface area contributed by atoms with Crippen LogP contribution in [-0.2, 0) is 13.6 Å². The van der Waals surface area contributed by atoms with Gasteiger partial charge in [0.05, 0.1) is 30.9 Å². The highest BCUT2D eigenvalue weighted by Gasteiger charge is 2.57. The molecule has 54 heavy (non-hydrogen) atoms. The Morgan fingerprint density at radius 1 is 0.741 bits per heavy atom. The van der Waals surface area contributed by atoms with Gasteiger partial charge in [0.25, 0.3) is 8.32 Å². The Hall–Kier alpha value is -1.98. The van der Waals surface area contributed by atoms with Gasteiger partial charge in [-0.2, -0.15) is 0 Å². The molecule has 1 saturated heterocycles. The van der Waals surface area contributed by atoms with Gasteiger partial charge in [-0.25, -0.2) is 4.79 Å². The standard InChI is InChI=1S/C46H79NO5Si2/c1-12-37(5)42(48)35-29-21-19-17-16-18-20-28-34-40-43(52-53(13-2,14-3)15-4)41(47(40)44(49)51-45(6,7)8)36-50-54(46(9,10)11,38-30-24-22-25-31-38)39-32-26-23-27-33-39/h22-27,30-33,37,40-43,48H,12-21,28-29,34-36H2,1-11H3/t37-,40-,41-,42-,43+/m0/s1. The molecule has 0 spiro atoms. The number of nitrogens with zero attached hydrogens (tertiary/aromatic N) is 1. The first kappa shape index (κ1) is 46.4. The predicted molar refractivity (Wildman–Crippen MR) is 233 cm³/mol. The van der Waals surface area contributed by atoms with Crippen molar-refractivity contribution >= 4 is 33.1 Å². The van der Waals surface area contributed by atoms with Gasteiger partial charge >= 0.3 is 6.09 Å². The third-order valence-corrected chi connectivity index (χ3v) is 22.0. The summed E-state index contributed by atoms with van der Waals surface area (Å²) in [6, 6.07) is 24.5. The van der Waals surface area contributed by atoms with E-state index in [1.54, 1.807) is 0 Å². The number of hydrogen-bond acceptors (Lipinski definition) is 5. The summed E-state index contributed by atoms with van der Waals surface area (Å²) in [5, 5.41) is 12.6. The maximum Gasteiger partial charge on any atom is 0.411 e. The van der Waals surface area contributed by atoms with E-state index in [-0.39, 0.29) is 35.4 Å². The summed E-state index contributed by atoms with van der Waals surface area (Å²) >= 11 is 0. The molecule has 2 aromatic rings. The molecule has 1 heterocycles. The quantitative estimate of drug-likeness (QED) is 0.0898. The first-order valence-electron chi connectivity index (χ1n) is 21.7. The highest BCUT2D eigenvalue weighted by Crippen LogP contribution is 2.42. The molecule has 0 unspecified atom stereocenters. The van der Waals surface area contributed by atoms with Crippen LogP contribution in [0.5, 0.6) is 0 Å². The molecule has 1 amide bonds. The van der Waals surface area contributed by atoms with E-state index in [9.17, 15) is 9.90 Å². The minimum absolute atomic E-state index is 0.0268. The lowest BCUT2D eigenvalue weighted by molar-refractivity contribution is -0.122. The van der Waals surface area contributed by atoms with Crippen LogP contribution in [-0.4, -0.2) is 69.2 Å². The number of rotatable bonds is 23. The monoisotopic (exact) mass is 782 g/mol. The van der Waals surface area contributed by atoms with Crippen molar-refractivity contribution in [2.75, 3.05) is 6.61 Å².